The zero-order chi connectivity index (χ0) is 16.4. The number of hydrogen-bond donors (Lipinski definition) is 0. The van der Waals surface area contributed by atoms with Gasteiger partial charge in [-0.25, -0.2) is 19.9 Å². The van der Waals surface area contributed by atoms with Gasteiger partial charge in [0.25, 0.3) is 5.91 Å². The molecule has 1 fully saturated rings. The molecule has 0 unspecified atom stereocenters. The van der Waals surface area contributed by atoms with Gasteiger partial charge >= 0.3 is 0 Å². The summed E-state index contributed by atoms with van der Waals surface area (Å²) in [7, 11) is 0. The Hall–Kier alpha value is -3.09. The Morgan fingerprint density at radius 3 is 2.58 bits per heavy atom. The number of benzene rings is 1. The summed E-state index contributed by atoms with van der Waals surface area (Å²) in [6.07, 6.45) is 6.55. The van der Waals surface area contributed by atoms with Crippen LogP contribution in [-0.4, -0.2) is 56.9 Å². The fraction of sp³-hybridized carbons (Fsp3) is 0.235. The summed E-state index contributed by atoms with van der Waals surface area (Å²) >= 11 is 0. The van der Waals surface area contributed by atoms with Gasteiger partial charge in [0, 0.05) is 55.8 Å². The highest BCUT2D eigenvalue weighted by atomic mass is 16.2. The number of aromatic nitrogens is 4. The zero-order valence-corrected chi connectivity index (χ0v) is 13.0. The molecule has 4 rings (SSSR count). The second-order valence-corrected chi connectivity index (χ2v) is 5.62. The van der Waals surface area contributed by atoms with E-state index in [0.717, 1.165) is 29.7 Å². The summed E-state index contributed by atoms with van der Waals surface area (Å²) < 4.78 is 0. The van der Waals surface area contributed by atoms with Crippen molar-refractivity contribution in [2.75, 3.05) is 31.1 Å². The average molecular weight is 320 g/mol. The van der Waals surface area contributed by atoms with E-state index in [2.05, 4.69) is 37.0 Å². The van der Waals surface area contributed by atoms with E-state index in [4.69, 9.17) is 0 Å². The SMILES string of the molecule is O=C(c1ncccn1)N1CCN(c2ccc3ncncc3c2)CC1. The molecule has 1 aromatic carbocycles. The molecule has 0 spiro atoms. The van der Waals surface area contributed by atoms with Crippen molar-refractivity contribution >= 4 is 22.5 Å². The molecule has 0 aliphatic carbocycles. The fourth-order valence-corrected chi connectivity index (χ4v) is 2.89. The largest absolute Gasteiger partial charge is 0.368 e. The number of carbonyl (C=O) groups excluding carboxylic acids is 1. The number of anilines is 1. The predicted octanol–water partition coefficient (Wildman–Crippen LogP) is 1.38. The van der Waals surface area contributed by atoms with Gasteiger partial charge < -0.3 is 9.80 Å². The van der Waals surface area contributed by atoms with Gasteiger partial charge in [0.1, 0.15) is 6.33 Å². The van der Waals surface area contributed by atoms with Crippen molar-refractivity contribution in [1.82, 2.24) is 24.8 Å². The Morgan fingerprint density at radius 2 is 1.79 bits per heavy atom. The molecule has 0 radical (unpaired) electrons. The maximum Gasteiger partial charge on any atom is 0.291 e. The second kappa shape index (κ2) is 6.19. The summed E-state index contributed by atoms with van der Waals surface area (Å²) in [6.45, 7) is 2.86. The molecule has 24 heavy (non-hydrogen) atoms. The van der Waals surface area contributed by atoms with Crippen molar-refractivity contribution in [3.8, 4) is 0 Å². The molecule has 1 aliphatic rings. The summed E-state index contributed by atoms with van der Waals surface area (Å²) in [6, 6.07) is 7.86. The minimum absolute atomic E-state index is 0.109. The summed E-state index contributed by atoms with van der Waals surface area (Å²) in [5.74, 6) is 0.149. The van der Waals surface area contributed by atoms with Crippen molar-refractivity contribution in [3.63, 3.8) is 0 Å². The van der Waals surface area contributed by atoms with Crippen LogP contribution in [0.4, 0.5) is 5.69 Å². The van der Waals surface area contributed by atoms with Crippen LogP contribution in [0.25, 0.3) is 10.9 Å². The lowest BCUT2D eigenvalue weighted by Gasteiger charge is -2.35. The molecule has 0 saturated carbocycles. The first kappa shape index (κ1) is 14.5. The number of amides is 1. The molecule has 7 nitrogen and oxygen atoms in total. The molecule has 0 N–H and O–H groups in total. The van der Waals surface area contributed by atoms with Crippen LogP contribution in [0.1, 0.15) is 10.6 Å². The van der Waals surface area contributed by atoms with E-state index in [1.807, 2.05) is 12.3 Å². The van der Waals surface area contributed by atoms with Gasteiger partial charge in [-0.3, -0.25) is 4.79 Å². The van der Waals surface area contributed by atoms with Crippen LogP contribution in [0.3, 0.4) is 0 Å². The van der Waals surface area contributed by atoms with Crippen LogP contribution >= 0.6 is 0 Å². The predicted molar refractivity (Wildman–Crippen MR) is 89.7 cm³/mol. The van der Waals surface area contributed by atoms with Gasteiger partial charge in [-0.1, -0.05) is 0 Å². The van der Waals surface area contributed by atoms with E-state index in [1.54, 1.807) is 29.7 Å². The number of carbonyl (C=O) groups is 1. The second-order valence-electron chi connectivity index (χ2n) is 5.62. The van der Waals surface area contributed by atoms with Gasteiger partial charge in [-0.15, -0.1) is 0 Å². The van der Waals surface area contributed by atoms with E-state index in [9.17, 15) is 4.79 Å². The molecule has 7 heteroatoms. The van der Waals surface area contributed by atoms with E-state index in [-0.39, 0.29) is 11.7 Å². The molecule has 3 aromatic rings. The van der Waals surface area contributed by atoms with E-state index in [1.165, 1.54) is 0 Å². The minimum atomic E-state index is -0.109. The molecule has 120 valence electrons. The first-order valence-electron chi connectivity index (χ1n) is 7.82. The molecule has 0 atom stereocenters. The third-order valence-corrected chi connectivity index (χ3v) is 4.18. The molecule has 1 amide bonds. The summed E-state index contributed by atoms with van der Waals surface area (Å²) in [5.41, 5.74) is 2.06. The Kier molecular flexibility index (Phi) is 3.74. The van der Waals surface area contributed by atoms with Crippen molar-refractivity contribution in [2.45, 2.75) is 0 Å². The van der Waals surface area contributed by atoms with Crippen LogP contribution < -0.4 is 4.90 Å². The number of piperazine rings is 1. The van der Waals surface area contributed by atoms with Crippen LogP contribution in [0.5, 0.6) is 0 Å². The quantitative estimate of drug-likeness (QED) is 0.710. The van der Waals surface area contributed by atoms with Gasteiger partial charge in [-0.2, -0.15) is 0 Å². The lowest BCUT2D eigenvalue weighted by molar-refractivity contribution is 0.0734. The Morgan fingerprint density at radius 1 is 1.00 bits per heavy atom. The topological polar surface area (TPSA) is 75.1 Å². The third kappa shape index (κ3) is 2.76. The normalized spacial score (nSPS) is 14.8. The zero-order valence-electron chi connectivity index (χ0n) is 13.0. The van der Waals surface area contributed by atoms with Crippen molar-refractivity contribution < 1.29 is 4.79 Å². The molecule has 0 bridgehead atoms. The van der Waals surface area contributed by atoms with Crippen molar-refractivity contribution in [2.24, 2.45) is 0 Å². The van der Waals surface area contributed by atoms with Crippen LogP contribution in [-0.2, 0) is 0 Å². The maximum absolute atomic E-state index is 12.4. The monoisotopic (exact) mass is 320 g/mol. The first-order chi connectivity index (χ1) is 11.8. The molecule has 2 aromatic heterocycles. The molecule has 1 saturated heterocycles. The van der Waals surface area contributed by atoms with Gasteiger partial charge in [0.05, 0.1) is 5.52 Å². The van der Waals surface area contributed by atoms with Crippen molar-refractivity contribution in [1.29, 1.82) is 0 Å². The highest BCUT2D eigenvalue weighted by Crippen LogP contribution is 2.21. The third-order valence-electron chi connectivity index (χ3n) is 4.18. The van der Waals surface area contributed by atoms with Crippen LogP contribution in [0, 0.1) is 0 Å². The first-order valence-corrected chi connectivity index (χ1v) is 7.82. The lowest BCUT2D eigenvalue weighted by Crippen LogP contribution is -2.49. The summed E-state index contributed by atoms with van der Waals surface area (Å²) in [4.78, 5) is 32.8. The molecule has 3 heterocycles. The molecular weight excluding hydrogens is 304 g/mol. The average Bonchev–Trinajstić information content (AvgIpc) is 2.68. The highest BCUT2D eigenvalue weighted by molar-refractivity contribution is 5.90. The number of fused-ring (bicyclic) bond motifs is 1. The van der Waals surface area contributed by atoms with Gasteiger partial charge in [0.15, 0.2) is 0 Å². The minimum Gasteiger partial charge on any atom is -0.368 e. The smallest absolute Gasteiger partial charge is 0.291 e. The van der Waals surface area contributed by atoms with E-state index < -0.39 is 0 Å². The summed E-state index contributed by atoms with van der Waals surface area (Å²) in [5, 5.41) is 1.02. The molecular formula is C17H16N6O. The number of rotatable bonds is 2. The van der Waals surface area contributed by atoms with E-state index >= 15 is 0 Å². The van der Waals surface area contributed by atoms with Gasteiger partial charge in [-0.05, 0) is 24.3 Å². The highest BCUT2D eigenvalue weighted by Gasteiger charge is 2.23. The number of hydrogen-bond acceptors (Lipinski definition) is 6. The Balaban J connectivity index is 1.46. The number of nitrogens with zero attached hydrogens (tertiary/aromatic N) is 6. The van der Waals surface area contributed by atoms with E-state index in [0.29, 0.717) is 13.1 Å². The fourth-order valence-electron chi connectivity index (χ4n) is 2.89. The molecule has 1 aliphatic heterocycles. The Labute approximate surface area is 139 Å². The maximum atomic E-state index is 12.4. The standard InChI is InChI=1S/C17H16N6O/c24-17(16-19-4-1-5-20-16)23-8-6-22(7-9-23)14-2-3-15-13(10-14)11-18-12-21-15/h1-5,10-12H,6-9H2. The Bertz CT molecular complexity index is 861. The van der Waals surface area contributed by atoms with Crippen molar-refractivity contribution in [3.05, 3.63) is 55.0 Å². The van der Waals surface area contributed by atoms with Crippen LogP contribution in [0.15, 0.2) is 49.2 Å². The van der Waals surface area contributed by atoms with Crippen LogP contribution in [0.2, 0.25) is 0 Å². The van der Waals surface area contributed by atoms with Gasteiger partial charge in [0.2, 0.25) is 5.82 Å². The lowest BCUT2D eigenvalue weighted by atomic mass is 10.2.